The summed E-state index contributed by atoms with van der Waals surface area (Å²) in [7, 11) is 1.56. The van der Waals surface area contributed by atoms with Crippen molar-refractivity contribution in [1.29, 1.82) is 0 Å². The molecule has 6 nitrogen and oxygen atoms in total. The lowest BCUT2D eigenvalue weighted by molar-refractivity contribution is 0.0951. The average molecular weight is 355 g/mol. The Labute approximate surface area is 149 Å². The number of pyridine rings is 1. The van der Waals surface area contributed by atoms with Gasteiger partial charge in [-0.15, -0.1) is 11.3 Å². The van der Waals surface area contributed by atoms with Crippen LogP contribution in [0.1, 0.15) is 9.67 Å². The molecule has 0 saturated heterocycles. The summed E-state index contributed by atoms with van der Waals surface area (Å²) < 4.78 is 10.6. The SMILES string of the molecule is COc1ccc(-c2ncc(C(=O)NCCOc3ccccc3)s2)cn1. The number of nitrogens with zero attached hydrogens (tertiary/aromatic N) is 2. The molecule has 3 aromatic rings. The van der Waals surface area contributed by atoms with E-state index in [1.54, 1.807) is 25.6 Å². The number of carbonyl (C=O) groups is 1. The maximum atomic E-state index is 12.2. The molecule has 0 radical (unpaired) electrons. The van der Waals surface area contributed by atoms with E-state index in [-0.39, 0.29) is 5.91 Å². The molecule has 1 N–H and O–H groups in total. The normalized spacial score (nSPS) is 10.3. The number of ether oxygens (including phenoxy) is 2. The number of nitrogens with one attached hydrogen (secondary N) is 1. The zero-order valence-electron chi connectivity index (χ0n) is 13.6. The van der Waals surface area contributed by atoms with Crippen molar-refractivity contribution in [1.82, 2.24) is 15.3 Å². The van der Waals surface area contributed by atoms with Crippen LogP contribution < -0.4 is 14.8 Å². The van der Waals surface area contributed by atoms with Gasteiger partial charge >= 0.3 is 0 Å². The molecule has 0 spiro atoms. The summed E-state index contributed by atoms with van der Waals surface area (Å²) >= 11 is 1.32. The van der Waals surface area contributed by atoms with Crippen molar-refractivity contribution in [3.8, 4) is 22.2 Å². The molecule has 0 aliphatic heterocycles. The molecule has 0 saturated carbocycles. The topological polar surface area (TPSA) is 73.3 Å². The van der Waals surface area contributed by atoms with Gasteiger partial charge in [-0.2, -0.15) is 0 Å². The number of carbonyl (C=O) groups excluding carboxylic acids is 1. The van der Waals surface area contributed by atoms with E-state index in [0.29, 0.717) is 23.9 Å². The smallest absolute Gasteiger partial charge is 0.263 e. The van der Waals surface area contributed by atoms with Gasteiger partial charge in [0.1, 0.15) is 22.2 Å². The molecule has 25 heavy (non-hydrogen) atoms. The number of thiazole rings is 1. The van der Waals surface area contributed by atoms with Gasteiger partial charge in [0.25, 0.3) is 5.91 Å². The Hall–Kier alpha value is -2.93. The van der Waals surface area contributed by atoms with Crippen LogP contribution in [0.15, 0.2) is 54.9 Å². The highest BCUT2D eigenvalue weighted by atomic mass is 32.1. The van der Waals surface area contributed by atoms with Crippen LogP contribution in [0.25, 0.3) is 10.6 Å². The minimum absolute atomic E-state index is 0.165. The van der Waals surface area contributed by atoms with Gasteiger partial charge in [0.05, 0.1) is 19.9 Å². The van der Waals surface area contributed by atoms with Gasteiger partial charge in [0.2, 0.25) is 5.88 Å². The maximum Gasteiger partial charge on any atom is 0.263 e. The van der Waals surface area contributed by atoms with Crippen molar-refractivity contribution in [2.45, 2.75) is 0 Å². The first-order valence-electron chi connectivity index (χ1n) is 7.68. The lowest BCUT2D eigenvalue weighted by Gasteiger charge is -2.06. The Morgan fingerprint density at radius 2 is 1.96 bits per heavy atom. The number of para-hydroxylation sites is 1. The highest BCUT2D eigenvalue weighted by Crippen LogP contribution is 2.25. The minimum Gasteiger partial charge on any atom is -0.492 e. The van der Waals surface area contributed by atoms with Crippen LogP contribution in [0, 0.1) is 0 Å². The molecule has 0 fully saturated rings. The molecular formula is C18H17N3O3S. The Morgan fingerprint density at radius 1 is 1.12 bits per heavy atom. The molecule has 0 bridgehead atoms. The number of methoxy groups -OCH3 is 1. The summed E-state index contributed by atoms with van der Waals surface area (Å²) in [6.07, 6.45) is 3.24. The molecule has 0 aliphatic carbocycles. The van der Waals surface area contributed by atoms with Crippen molar-refractivity contribution < 1.29 is 14.3 Å². The number of rotatable bonds is 7. The number of hydrogen-bond acceptors (Lipinski definition) is 6. The first-order chi connectivity index (χ1) is 12.3. The summed E-state index contributed by atoms with van der Waals surface area (Å²) in [4.78, 5) is 21.1. The van der Waals surface area contributed by atoms with Crippen LogP contribution in [-0.2, 0) is 0 Å². The number of aromatic nitrogens is 2. The van der Waals surface area contributed by atoms with Crippen molar-refractivity contribution in [3.05, 3.63) is 59.7 Å². The highest BCUT2D eigenvalue weighted by molar-refractivity contribution is 7.16. The zero-order valence-corrected chi connectivity index (χ0v) is 14.5. The van der Waals surface area contributed by atoms with Gasteiger partial charge in [-0.25, -0.2) is 9.97 Å². The first-order valence-corrected chi connectivity index (χ1v) is 8.50. The van der Waals surface area contributed by atoms with E-state index in [2.05, 4.69) is 15.3 Å². The predicted molar refractivity (Wildman–Crippen MR) is 96.2 cm³/mol. The second-order valence-corrected chi connectivity index (χ2v) is 6.07. The zero-order chi connectivity index (χ0) is 17.5. The fourth-order valence-electron chi connectivity index (χ4n) is 2.08. The van der Waals surface area contributed by atoms with Crippen LogP contribution in [0.3, 0.4) is 0 Å². The third-order valence-electron chi connectivity index (χ3n) is 3.32. The average Bonchev–Trinajstić information content (AvgIpc) is 3.16. The van der Waals surface area contributed by atoms with Crippen LogP contribution in [-0.4, -0.2) is 36.1 Å². The van der Waals surface area contributed by atoms with Crippen molar-refractivity contribution in [3.63, 3.8) is 0 Å². The Bertz CT molecular complexity index is 819. The molecule has 2 aromatic heterocycles. The van der Waals surface area contributed by atoms with E-state index in [0.717, 1.165) is 16.3 Å². The van der Waals surface area contributed by atoms with Crippen molar-refractivity contribution >= 4 is 17.2 Å². The number of benzene rings is 1. The monoisotopic (exact) mass is 355 g/mol. The molecule has 1 amide bonds. The van der Waals surface area contributed by atoms with Crippen LogP contribution >= 0.6 is 11.3 Å². The van der Waals surface area contributed by atoms with Gasteiger partial charge in [-0.3, -0.25) is 4.79 Å². The van der Waals surface area contributed by atoms with Crippen LogP contribution in [0.4, 0.5) is 0 Å². The van der Waals surface area contributed by atoms with Crippen molar-refractivity contribution in [2.75, 3.05) is 20.3 Å². The fraction of sp³-hybridized carbons (Fsp3) is 0.167. The standard InChI is InChI=1S/C18H17N3O3S/c1-23-16-8-7-13(11-20-16)18-21-12-15(25-18)17(22)19-9-10-24-14-5-3-2-4-6-14/h2-8,11-12H,9-10H2,1H3,(H,19,22). The van der Waals surface area contributed by atoms with E-state index in [9.17, 15) is 4.79 Å². The molecule has 0 aliphatic rings. The van der Waals surface area contributed by atoms with Crippen LogP contribution in [0.5, 0.6) is 11.6 Å². The van der Waals surface area contributed by atoms with Gasteiger partial charge in [-0.1, -0.05) is 18.2 Å². The molecule has 128 valence electrons. The molecule has 3 rings (SSSR count). The fourth-order valence-corrected chi connectivity index (χ4v) is 2.90. The Balaban J connectivity index is 1.51. The lowest BCUT2D eigenvalue weighted by Crippen LogP contribution is -2.27. The summed E-state index contributed by atoms with van der Waals surface area (Å²) in [6.45, 7) is 0.828. The lowest BCUT2D eigenvalue weighted by atomic mass is 10.3. The summed E-state index contributed by atoms with van der Waals surface area (Å²) in [5.41, 5.74) is 0.845. The van der Waals surface area contributed by atoms with Crippen LogP contribution in [0.2, 0.25) is 0 Å². The van der Waals surface area contributed by atoms with E-state index in [1.807, 2.05) is 36.4 Å². The van der Waals surface area contributed by atoms with Gasteiger partial charge in [-0.05, 0) is 18.2 Å². The quantitative estimate of drug-likeness (QED) is 0.660. The van der Waals surface area contributed by atoms with Crippen molar-refractivity contribution in [2.24, 2.45) is 0 Å². The van der Waals surface area contributed by atoms with E-state index >= 15 is 0 Å². The molecule has 7 heteroatoms. The molecule has 2 heterocycles. The molecule has 0 atom stereocenters. The largest absolute Gasteiger partial charge is 0.492 e. The third kappa shape index (κ3) is 4.54. The second kappa shape index (κ2) is 8.25. The number of amides is 1. The predicted octanol–water partition coefficient (Wildman–Crippen LogP) is 3.02. The number of hydrogen-bond donors (Lipinski definition) is 1. The third-order valence-corrected chi connectivity index (χ3v) is 4.37. The van der Waals surface area contributed by atoms with Gasteiger partial charge < -0.3 is 14.8 Å². The van der Waals surface area contributed by atoms with Gasteiger partial charge in [0.15, 0.2) is 0 Å². The van der Waals surface area contributed by atoms with E-state index in [4.69, 9.17) is 9.47 Å². The summed E-state index contributed by atoms with van der Waals surface area (Å²) in [5, 5.41) is 3.56. The highest BCUT2D eigenvalue weighted by Gasteiger charge is 2.11. The molecule has 0 unspecified atom stereocenters. The summed E-state index contributed by atoms with van der Waals surface area (Å²) in [5.74, 6) is 1.16. The maximum absolute atomic E-state index is 12.2. The minimum atomic E-state index is -0.165. The Kier molecular flexibility index (Phi) is 5.58. The second-order valence-electron chi connectivity index (χ2n) is 5.04. The Morgan fingerprint density at radius 3 is 2.68 bits per heavy atom. The van der Waals surface area contributed by atoms with E-state index < -0.39 is 0 Å². The molecule has 1 aromatic carbocycles. The van der Waals surface area contributed by atoms with E-state index in [1.165, 1.54) is 11.3 Å². The summed E-state index contributed by atoms with van der Waals surface area (Å²) in [6, 6.07) is 13.1. The molecular weight excluding hydrogens is 338 g/mol. The van der Waals surface area contributed by atoms with Gasteiger partial charge in [0, 0.05) is 17.8 Å². The first kappa shape index (κ1) is 16.9.